The van der Waals surface area contributed by atoms with Gasteiger partial charge >= 0.3 is 0 Å². The lowest BCUT2D eigenvalue weighted by Gasteiger charge is -2.09. The Morgan fingerprint density at radius 3 is 2.73 bits per heavy atom. The van der Waals surface area contributed by atoms with Gasteiger partial charge in [-0.3, -0.25) is 0 Å². The molecule has 1 aromatic rings. The molecule has 1 rings (SSSR count). The zero-order valence-electron chi connectivity index (χ0n) is 8.93. The molecule has 0 bridgehead atoms. The van der Waals surface area contributed by atoms with Crippen LogP contribution < -0.4 is 5.73 Å². The third-order valence-electron chi connectivity index (χ3n) is 2.28. The summed E-state index contributed by atoms with van der Waals surface area (Å²) in [5.74, 6) is 0.0411. The molecular weight excluding hydrogens is 213 g/mol. The number of benzene rings is 1. The van der Waals surface area contributed by atoms with Crippen LogP contribution in [0.4, 0.5) is 4.39 Å². The molecule has 0 radical (unpaired) electrons. The molecule has 0 aromatic heterocycles. The number of rotatable bonds is 3. The molecule has 0 aliphatic rings. The van der Waals surface area contributed by atoms with Gasteiger partial charge in [-0.1, -0.05) is 37.1 Å². The zero-order chi connectivity index (χ0) is 11.4. The van der Waals surface area contributed by atoms with Gasteiger partial charge in [0.25, 0.3) is 0 Å². The summed E-state index contributed by atoms with van der Waals surface area (Å²) in [6.07, 6.45) is 1.77. The largest absolute Gasteiger partial charge is 0.327 e. The summed E-state index contributed by atoms with van der Waals surface area (Å²) >= 11 is 5.80. The van der Waals surface area contributed by atoms with Crippen molar-refractivity contribution in [3.8, 4) is 0 Å². The summed E-state index contributed by atoms with van der Waals surface area (Å²) in [6.45, 7) is 4.49. The molecule has 0 fully saturated rings. The highest BCUT2D eigenvalue weighted by molar-refractivity contribution is 6.30. The van der Waals surface area contributed by atoms with Crippen molar-refractivity contribution >= 4 is 17.7 Å². The van der Waals surface area contributed by atoms with Crippen molar-refractivity contribution in [3.05, 3.63) is 40.2 Å². The summed E-state index contributed by atoms with van der Waals surface area (Å²) in [5.41, 5.74) is 7.09. The minimum atomic E-state index is -0.272. The molecule has 0 aliphatic carbocycles. The van der Waals surface area contributed by atoms with Crippen LogP contribution in [0.5, 0.6) is 0 Å². The summed E-state index contributed by atoms with van der Waals surface area (Å²) in [7, 11) is 0. The van der Waals surface area contributed by atoms with Crippen molar-refractivity contribution in [1.82, 2.24) is 0 Å². The van der Waals surface area contributed by atoms with Crippen molar-refractivity contribution in [3.63, 3.8) is 0 Å². The first-order valence-electron chi connectivity index (χ1n) is 4.90. The molecule has 0 saturated carbocycles. The maximum absolute atomic E-state index is 13.4. The lowest BCUT2D eigenvalue weighted by atomic mass is 10.0. The zero-order valence-corrected chi connectivity index (χ0v) is 9.68. The minimum Gasteiger partial charge on any atom is -0.327 e. The van der Waals surface area contributed by atoms with Crippen LogP contribution in [0.3, 0.4) is 0 Å². The van der Waals surface area contributed by atoms with Gasteiger partial charge < -0.3 is 5.73 Å². The van der Waals surface area contributed by atoms with E-state index in [9.17, 15) is 4.39 Å². The minimum absolute atomic E-state index is 0.272. The molecule has 0 spiro atoms. The van der Waals surface area contributed by atoms with E-state index in [-0.39, 0.29) is 5.82 Å². The van der Waals surface area contributed by atoms with Crippen LogP contribution in [-0.4, -0.2) is 6.54 Å². The standard InChI is InChI=1S/C12H15ClFN/c1-8(2)10(7-15)5-9-6-11(13)3-4-12(9)14/h3-6,8H,7,15H2,1-2H3/b10-5+. The van der Waals surface area contributed by atoms with Crippen LogP contribution in [0.1, 0.15) is 19.4 Å². The first-order valence-corrected chi connectivity index (χ1v) is 5.28. The molecule has 1 aromatic carbocycles. The summed E-state index contributed by atoms with van der Waals surface area (Å²) in [5, 5.41) is 0.530. The Morgan fingerprint density at radius 1 is 1.53 bits per heavy atom. The molecule has 1 nitrogen and oxygen atoms in total. The predicted molar refractivity (Wildman–Crippen MR) is 63.3 cm³/mol. The van der Waals surface area contributed by atoms with Crippen LogP contribution in [0.2, 0.25) is 5.02 Å². The van der Waals surface area contributed by atoms with Crippen LogP contribution in [0.25, 0.3) is 6.08 Å². The molecule has 2 N–H and O–H groups in total. The highest BCUT2D eigenvalue weighted by atomic mass is 35.5. The highest BCUT2D eigenvalue weighted by Gasteiger charge is 2.04. The fourth-order valence-electron chi connectivity index (χ4n) is 1.29. The van der Waals surface area contributed by atoms with Crippen LogP contribution in [-0.2, 0) is 0 Å². The molecule has 0 atom stereocenters. The SMILES string of the molecule is CC(C)/C(=C/c1cc(Cl)ccc1F)CN. The van der Waals surface area contributed by atoms with Gasteiger partial charge in [-0.15, -0.1) is 0 Å². The van der Waals surface area contributed by atoms with Gasteiger partial charge in [-0.25, -0.2) is 4.39 Å². The van der Waals surface area contributed by atoms with Crippen molar-refractivity contribution < 1.29 is 4.39 Å². The molecule has 0 amide bonds. The second-order valence-corrected chi connectivity index (χ2v) is 4.18. The van der Waals surface area contributed by atoms with Crippen molar-refractivity contribution in [1.29, 1.82) is 0 Å². The quantitative estimate of drug-likeness (QED) is 0.841. The monoisotopic (exact) mass is 227 g/mol. The topological polar surface area (TPSA) is 26.0 Å². The van der Waals surface area contributed by atoms with E-state index < -0.39 is 0 Å². The molecule has 15 heavy (non-hydrogen) atoms. The van der Waals surface area contributed by atoms with E-state index in [2.05, 4.69) is 0 Å². The first-order chi connectivity index (χ1) is 7.04. The molecule has 0 heterocycles. The smallest absolute Gasteiger partial charge is 0.130 e. The Bertz CT molecular complexity index is 372. The number of nitrogens with two attached hydrogens (primary N) is 1. The van der Waals surface area contributed by atoms with Crippen LogP contribution in [0.15, 0.2) is 23.8 Å². The maximum Gasteiger partial charge on any atom is 0.130 e. The Morgan fingerprint density at radius 2 is 2.20 bits per heavy atom. The Balaban J connectivity index is 3.10. The van der Waals surface area contributed by atoms with Gasteiger partial charge in [0.1, 0.15) is 5.82 Å². The number of hydrogen-bond donors (Lipinski definition) is 1. The number of hydrogen-bond acceptors (Lipinski definition) is 1. The lowest BCUT2D eigenvalue weighted by Crippen LogP contribution is -2.08. The van der Waals surface area contributed by atoms with Gasteiger partial charge in [0, 0.05) is 17.1 Å². The van der Waals surface area contributed by atoms with E-state index in [1.807, 2.05) is 13.8 Å². The van der Waals surface area contributed by atoms with E-state index >= 15 is 0 Å². The van der Waals surface area contributed by atoms with Crippen LogP contribution >= 0.6 is 11.6 Å². The van der Waals surface area contributed by atoms with Gasteiger partial charge in [0.2, 0.25) is 0 Å². The van der Waals surface area contributed by atoms with E-state index in [4.69, 9.17) is 17.3 Å². The molecule has 82 valence electrons. The van der Waals surface area contributed by atoms with E-state index in [1.54, 1.807) is 12.1 Å². The predicted octanol–water partition coefficient (Wildman–Crippen LogP) is 3.48. The summed E-state index contributed by atoms with van der Waals surface area (Å²) in [6, 6.07) is 4.50. The fraction of sp³-hybridized carbons (Fsp3) is 0.333. The number of halogens is 2. The molecule has 0 unspecified atom stereocenters. The van der Waals surface area contributed by atoms with Gasteiger partial charge in [0.05, 0.1) is 0 Å². The normalized spacial score (nSPS) is 12.3. The van der Waals surface area contributed by atoms with E-state index in [1.165, 1.54) is 12.1 Å². The van der Waals surface area contributed by atoms with Gasteiger partial charge in [0.15, 0.2) is 0 Å². The maximum atomic E-state index is 13.4. The summed E-state index contributed by atoms with van der Waals surface area (Å²) < 4.78 is 13.4. The van der Waals surface area contributed by atoms with Gasteiger partial charge in [-0.05, 0) is 24.1 Å². The molecule has 0 aliphatic heterocycles. The van der Waals surface area contributed by atoms with Crippen molar-refractivity contribution in [2.45, 2.75) is 13.8 Å². The molecule has 3 heteroatoms. The lowest BCUT2D eigenvalue weighted by molar-refractivity contribution is 0.624. The van der Waals surface area contributed by atoms with E-state index in [0.29, 0.717) is 23.0 Å². The van der Waals surface area contributed by atoms with E-state index in [0.717, 1.165) is 5.57 Å². The molecular formula is C12H15ClFN. The fourth-order valence-corrected chi connectivity index (χ4v) is 1.47. The Kier molecular flexibility index (Phi) is 4.30. The van der Waals surface area contributed by atoms with Crippen molar-refractivity contribution in [2.75, 3.05) is 6.54 Å². The van der Waals surface area contributed by atoms with Crippen molar-refractivity contribution in [2.24, 2.45) is 11.7 Å². The third kappa shape index (κ3) is 3.33. The Labute approximate surface area is 94.7 Å². The third-order valence-corrected chi connectivity index (χ3v) is 2.51. The molecule has 0 saturated heterocycles. The average molecular weight is 228 g/mol. The van der Waals surface area contributed by atoms with Gasteiger partial charge in [-0.2, -0.15) is 0 Å². The second kappa shape index (κ2) is 5.29. The average Bonchev–Trinajstić information content (AvgIpc) is 2.18. The summed E-state index contributed by atoms with van der Waals surface area (Å²) in [4.78, 5) is 0. The van der Waals surface area contributed by atoms with Crippen LogP contribution in [0, 0.1) is 11.7 Å². The Hall–Kier alpha value is -0.860. The highest BCUT2D eigenvalue weighted by Crippen LogP contribution is 2.19. The first kappa shape index (κ1) is 12.2. The second-order valence-electron chi connectivity index (χ2n) is 3.74.